The Morgan fingerprint density at radius 3 is 2.36 bits per heavy atom. The molecule has 0 bridgehead atoms. The molecule has 0 saturated carbocycles. The molecule has 0 radical (unpaired) electrons. The summed E-state index contributed by atoms with van der Waals surface area (Å²) in [5, 5.41) is 9.78. The van der Waals surface area contributed by atoms with Crippen LogP contribution in [0.25, 0.3) is 31.7 Å². The third kappa shape index (κ3) is 3.07. The van der Waals surface area contributed by atoms with E-state index < -0.39 is 29.4 Å². The number of hydrogen-bond acceptors (Lipinski definition) is 3. The summed E-state index contributed by atoms with van der Waals surface area (Å²) in [6.07, 6.45) is -4.68. The molecule has 3 aromatic rings. The smallest absolute Gasteiger partial charge is 0.193 e. The predicted molar refractivity (Wildman–Crippen MR) is 131 cm³/mol. The van der Waals surface area contributed by atoms with Gasteiger partial charge in [-0.1, -0.05) is 37.8 Å². The van der Waals surface area contributed by atoms with Gasteiger partial charge in [0.2, 0.25) is 0 Å². The molecule has 2 unspecified atom stereocenters. The second-order valence-electron chi connectivity index (χ2n) is 8.94. The number of alkyl halides is 6. The van der Waals surface area contributed by atoms with Gasteiger partial charge in [-0.05, 0) is 40.8 Å². The topological polar surface area (TPSA) is 23.8 Å². The summed E-state index contributed by atoms with van der Waals surface area (Å²) in [4.78, 5) is 1.58. The van der Waals surface area contributed by atoms with Crippen LogP contribution in [0.3, 0.4) is 0 Å². The molecular weight excluding hydrogens is 516 g/mol. The van der Waals surface area contributed by atoms with E-state index in [1.165, 1.54) is 34.8 Å². The monoisotopic (exact) mass is 531 g/mol. The lowest BCUT2D eigenvalue weighted by Gasteiger charge is -2.21. The molecule has 0 saturated heterocycles. The Kier molecular flexibility index (Phi) is 4.83. The van der Waals surface area contributed by atoms with Gasteiger partial charge in [0, 0.05) is 38.3 Å². The highest BCUT2D eigenvalue weighted by molar-refractivity contribution is 7.30. The molecule has 0 amide bonds. The molecule has 3 aliphatic rings. The number of halogens is 6. The normalized spacial score (nSPS) is 21.7. The minimum absolute atomic E-state index is 0.285. The summed E-state index contributed by atoms with van der Waals surface area (Å²) in [5.74, 6) is -0.775. The zero-order valence-corrected chi connectivity index (χ0v) is 20.2. The van der Waals surface area contributed by atoms with Crippen molar-refractivity contribution >= 4 is 43.2 Å². The quantitative estimate of drug-likeness (QED) is 0.177. The molecule has 2 aromatic heterocycles. The summed E-state index contributed by atoms with van der Waals surface area (Å²) >= 11 is 2.82. The van der Waals surface area contributed by atoms with E-state index in [9.17, 15) is 31.6 Å². The van der Waals surface area contributed by atoms with Crippen molar-refractivity contribution in [1.29, 1.82) is 5.26 Å². The fourth-order valence-corrected chi connectivity index (χ4v) is 8.52. The molecule has 2 heterocycles. The largest absolute Gasteiger partial charge is 0.416 e. The number of nitriles is 1. The molecule has 9 heteroatoms. The number of benzene rings is 1. The average Bonchev–Trinajstić information content (AvgIpc) is 3.50. The lowest BCUT2D eigenvalue weighted by molar-refractivity contribution is -0.137. The Morgan fingerprint density at radius 2 is 1.72 bits per heavy atom. The summed E-state index contributed by atoms with van der Waals surface area (Å²) < 4.78 is 82.3. The van der Waals surface area contributed by atoms with Crippen LogP contribution in [0.1, 0.15) is 45.7 Å². The van der Waals surface area contributed by atoms with Crippen molar-refractivity contribution in [2.24, 2.45) is 5.92 Å². The van der Waals surface area contributed by atoms with E-state index in [0.717, 1.165) is 48.5 Å². The number of nitrogens with zero attached hydrogens (tertiary/aromatic N) is 1. The number of hydrogen-bond donors (Lipinski definition) is 0. The van der Waals surface area contributed by atoms with Crippen LogP contribution in [0.2, 0.25) is 0 Å². The van der Waals surface area contributed by atoms with Crippen molar-refractivity contribution < 1.29 is 26.3 Å². The highest BCUT2D eigenvalue weighted by Crippen LogP contribution is 2.62. The molecule has 1 aromatic carbocycles. The molecule has 0 N–H and O–H groups in total. The Balaban J connectivity index is 1.58. The molecule has 0 spiro atoms. The van der Waals surface area contributed by atoms with Gasteiger partial charge in [0.25, 0.3) is 0 Å². The standard InChI is InChI=1S/C27H15F6NS2/c1-3-12(10-34)19-18-9-14(27(31,32)33)5-7-16(18)21-23(19)36-24-20-15-6-4-13(26(28,29)30)8-17(15)11(2)22(20)35-25(21)24/h4-9,15,17H,2-3H2,1H3/b19-12+. The first-order valence-corrected chi connectivity index (χ1v) is 12.7. The Bertz CT molecular complexity index is 1630. The van der Waals surface area contributed by atoms with Gasteiger partial charge >= 0.3 is 12.4 Å². The first kappa shape index (κ1) is 23.3. The van der Waals surface area contributed by atoms with Gasteiger partial charge in [-0.25, -0.2) is 0 Å². The van der Waals surface area contributed by atoms with Crippen LogP contribution in [-0.2, 0) is 6.18 Å². The van der Waals surface area contributed by atoms with Crippen molar-refractivity contribution in [3.63, 3.8) is 0 Å². The lowest BCUT2D eigenvalue weighted by Crippen LogP contribution is -2.16. The number of thiophene rings is 2. The third-order valence-electron chi connectivity index (χ3n) is 7.04. The Hall–Kier alpha value is -3.09. The Labute approximate surface area is 210 Å². The second kappa shape index (κ2) is 7.46. The van der Waals surface area contributed by atoms with Gasteiger partial charge in [-0.2, -0.15) is 31.6 Å². The molecule has 6 rings (SSSR count). The zero-order chi connectivity index (χ0) is 25.7. The molecule has 0 aliphatic heterocycles. The summed E-state index contributed by atoms with van der Waals surface area (Å²) in [7, 11) is 0. The van der Waals surface area contributed by atoms with Gasteiger partial charge in [0.15, 0.2) is 0 Å². The third-order valence-corrected chi connectivity index (χ3v) is 9.71. The van der Waals surface area contributed by atoms with Crippen LogP contribution in [-0.4, -0.2) is 6.18 Å². The van der Waals surface area contributed by atoms with Gasteiger partial charge < -0.3 is 0 Å². The van der Waals surface area contributed by atoms with E-state index in [2.05, 4.69) is 12.6 Å². The maximum absolute atomic E-state index is 13.5. The zero-order valence-electron chi connectivity index (χ0n) is 18.6. The molecule has 3 aliphatic carbocycles. The van der Waals surface area contributed by atoms with Crippen LogP contribution in [0.4, 0.5) is 26.3 Å². The molecular formula is C27H15F6NS2. The van der Waals surface area contributed by atoms with Crippen LogP contribution in [0.15, 0.2) is 54.2 Å². The van der Waals surface area contributed by atoms with Crippen LogP contribution in [0.5, 0.6) is 0 Å². The maximum Gasteiger partial charge on any atom is 0.416 e. The minimum Gasteiger partial charge on any atom is -0.193 e. The van der Waals surface area contributed by atoms with Gasteiger partial charge in [0.1, 0.15) is 0 Å². The number of allylic oxidation sites excluding steroid dienone is 6. The molecule has 182 valence electrons. The van der Waals surface area contributed by atoms with E-state index >= 15 is 0 Å². The van der Waals surface area contributed by atoms with E-state index in [0.29, 0.717) is 34.3 Å². The fourth-order valence-electron chi connectivity index (χ4n) is 5.41. The molecule has 36 heavy (non-hydrogen) atoms. The molecule has 0 fully saturated rings. The SMILES string of the molecule is C=C1c2sc3c4c(sc3c2C2C=CC(C(F)(F)F)=CC12)/C(=C(/C#N)CC)c1cc(C(F)(F)F)ccc1-4. The maximum atomic E-state index is 13.5. The van der Waals surface area contributed by atoms with E-state index in [-0.39, 0.29) is 5.92 Å². The van der Waals surface area contributed by atoms with Crippen molar-refractivity contribution in [2.45, 2.75) is 31.6 Å². The number of fused-ring (bicyclic) bond motifs is 9. The summed E-state index contributed by atoms with van der Waals surface area (Å²) in [6, 6.07) is 5.79. The lowest BCUT2D eigenvalue weighted by atomic mass is 9.84. The van der Waals surface area contributed by atoms with Gasteiger partial charge in [0.05, 0.1) is 26.6 Å². The van der Waals surface area contributed by atoms with Crippen LogP contribution < -0.4 is 0 Å². The average molecular weight is 532 g/mol. The van der Waals surface area contributed by atoms with Gasteiger partial charge in [-0.3, -0.25) is 0 Å². The fraction of sp³-hybridized carbons (Fsp3) is 0.222. The molecule has 2 atom stereocenters. The van der Waals surface area contributed by atoms with Gasteiger partial charge in [-0.15, -0.1) is 22.7 Å². The highest BCUT2D eigenvalue weighted by Gasteiger charge is 2.44. The summed E-state index contributed by atoms with van der Waals surface area (Å²) in [6.45, 7) is 5.90. The van der Waals surface area contributed by atoms with E-state index in [1.807, 2.05) is 0 Å². The van der Waals surface area contributed by atoms with E-state index in [1.54, 1.807) is 13.0 Å². The van der Waals surface area contributed by atoms with Crippen LogP contribution in [0, 0.1) is 17.2 Å². The molecule has 1 nitrogen and oxygen atoms in total. The first-order valence-electron chi connectivity index (χ1n) is 11.1. The van der Waals surface area contributed by atoms with Crippen molar-refractivity contribution in [3.05, 3.63) is 80.6 Å². The first-order chi connectivity index (χ1) is 17.0. The second-order valence-corrected chi connectivity index (χ2v) is 11.0. The van der Waals surface area contributed by atoms with Crippen molar-refractivity contribution in [2.75, 3.05) is 0 Å². The predicted octanol–water partition coefficient (Wildman–Crippen LogP) is 9.48. The number of rotatable bonds is 1. The van der Waals surface area contributed by atoms with E-state index in [4.69, 9.17) is 0 Å². The van der Waals surface area contributed by atoms with Crippen molar-refractivity contribution in [3.8, 4) is 17.2 Å². The minimum atomic E-state index is -4.52. The van der Waals surface area contributed by atoms with Crippen LogP contribution >= 0.6 is 22.7 Å². The summed E-state index contributed by atoms with van der Waals surface area (Å²) in [5.41, 5.74) is 2.83. The van der Waals surface area contributed by atoms with Crippen molar-refractivity contribution in [1.82, 2.24) is 0 Å². The Morgan fingerprint density at radius 1 is 1.00 bits per heavy atom. The highest BCUT2D eigenvalue weighted by atomic mass is 32.1.